The van der Waals surface area contributed by atoms with Crippen molar-refractivity contribution in [2.75, 3.05) is 7.11 Å². The number of methoxy groups -OCH3 is 1. The van der Waals surface area contributed by atoms with Gasteiger partial charge in [-0.15, -0.1) is 11.3 Å². The van der Waals surface area contributed by atoms with Crippen LogP contribution in [0.3, 0.4) is 0 Å². The summed E-state index contributed by atoms with van der Waals surface area (Å²) in [5.74, 6) is -0.484. The molecule has 0 aliphatic rings. The second-order valence-electron chi connectivity index (χ2n) is 7.09. The van der Waals surface area contributed by atoms with E-state index in [2.05, 4.69) is 20.3 Å². The minimum Gasteiger partial charge on any atom is -0.464 e. The van der Waals surface area contributed by atoms with Crippen molar-refractivity contribution in [1.82, 2.24) is 10.3 Å². The summed E-state index contributed by atoms with van der Waals surface area (Å²) in [7, 11) is 1.33. The number of aromatic nitrogens is 1. The zero-order valence-electron chi connectivity index (χ0n) is 16.8. The van der Waals surface area contributed by atoms with Crippen molar-refractivity contribution < 1.29 is 14.3 Å². The average molecular weight is 396 g/mol. The van der Waals surface area contributed by atoms with Crippen LogP contribution in [-0.4, -0.2) is 36.1 Å². The summed E-state index contributed by atoms with van der Waals surface area (Å²) < 4.78 is 4.69. The van der Waals surface area contributed by atoms with Gasteiger partial charge in [0.25, 0.3) is 0 Å². The Morgan fingerprint density at radius 1 is 1.37 bits per heavy atom. The Bertz CT molecular complexity index is 684. The van der Waals surface area contributed by atoms with Crippen LogP contribution in [0.25, 0.3) is 10.4 Å². The number of azide groups is 1. The monoisotopic (exact) mass is 395 g/mol. The maximum absolute atomic E-state index is 12.6. The summed E-state index contributed by atoms with van der Waals surface area (Å²) in [6.45, 7) is 9.94. The van der Waals surface area contributed by atoms with Crippen molar-refractivity contribution in [3.63, 3.8) is 0 Å². The fourth-order valence-corrected chi connectivity index (χ4v) is 3.52. The topological polar surface area (TPSA) is 117 Å². The highest BCUT2D eigenvalue weighted by atomic mass is 32.1. The van der Waals surface area contributed by atoms with Crippen molar-refractivity contribution in [2.45, 2.75) is 65.5 Å². The molecule has 0 aliphatic heterocycles. The summed E-state index contributed by atoms with van der Waals surface area (Å²) in [4.78, 5) is 31.4. The molecule has 27 heavy (non-hydrogen) atoms. The fraction of sp³-hybridized carbons (Fsp3) is 0.722. The summed E-state index contributed by atoms with van der Waals surface area (Å²) in [5.41, 5.74) is 9.07. The van der Waals surface area contributed by atoms with E-state index in [9.17, 15) is 9.59 Å². The first-order valence-corrected chi connectivity index (χ1v) is 10.0. The van der Waals surface area contributed by atoms with Gasteiger partial charge in [0.2, 0.25) is 5.91 Å². The van der Waals surface area contributed by atoms with Gasteiger partial charge in [-0.1, -0.05) is 46.2 Å². The first-order chi connectivity index (χ1) is 12.7. The van der Waals surface area contributed by atoms with Gasteiger partial charge in [-0.2, -0.15) is 0 Å². The molecule has 4 atom stereocenters. The van der Waals surface area contributed by atoms with Crippen molar-refractivity contribution in [2.24, 2.45) is 17.0 Å². The van der Waals surface area contributed by atoms with Crippen LogP contribution in [0, 0.1) is 11.8 Å². The normalized spacial score (nSPS) is 15.4. The molecule has 0 radical (unpaired) electrons. The molecule has 0 aliphatic carbocycles. The van der Waals surface area contributed by atoms with Gasteiger partial charge < -0.3 is 10.1 Å². The highest BCUT2D eigenvalue weighted by Gasteiger charge is 2.28. The van der Waals surface area contributed by atoms with Crippen LogP contribution in [0.4, 0.5) is 0 Å². The SMILES string of the molecule is CC[C@H](C)C(N=[N+]=[N-])C(=O)N[C@H](C[C@@H](C)c1nc(C(=O)OC)cs1)C(C)C. The Labute approximate surface area is 164 Å². The zero-order valence-corrected chi connectivity index (χ0v) is 17.6. The van der Waals surface area contributed by atoms with Crippen molar-refractivity contribution in [3.8, 4) is 0 Å². The minimum absolute atomic E-state index is 0.0345. The van der Waals surface area contributed by atoms with Gasteiger partial charge in [-0.3, -0.25) is 4.79 Å². The van der Waals surface area contributed by atoms with Crippen LogP contribution < -0.4 is 5.32 Å². The summed E-state index contributed by atoms with van der Waals surface area (Å²) in [6, 6.07) is -0.819. The number of nitrogens with one attached hydrogen (secondary N) is 1. The lowest BCUT2D eigenvalue weighted by atomic mass is 9.92. The van der Waals surface area contributed by atoms with Gasteiger partial charge in [0.1, 0.15) is 6.04 Å². The quantitative estimate of drug-likeness (QED) is 0.275. The second kappa shape index (κ2) is 10.9. The molecule has 9 heteroatoms. The molecule has 150 valence electrons. The van der Waals surface area contributed by atoms with Crippen molar-refractivity contribution in [3.05, 3.63) is 26.5 Å². The zero-order chi connectivity index (χ0) is 20.6. The Balaban J connectivity index is 2.86. The predicted molar refractivity (Wildman–Crippen MR) is 106 cm³/mol. The Kier molecular flexibility index (Phi) is 9.25. The van der Waals surface area contributed by atoms with E-state index in [0.717, 1.165) is 11.4 Å². The molecule has 8 nitrogen and oxygen atoms in total. The average Bonchev–Trinajstić information content (AvgIpc) is 3.14. The number of carbonyl (C=O) groups is 2. The molecule has 1 rings (SSSR count). The number of rotatable bonds is 10. The second-order valence-corrected chi connectivity index (χ2v) is 7.98. The van der Waals surface area contributed by atoms with Gasteiger partial charge in [-0.25, -0.2) is 9.78 Å². The molecule has 0 fully saturated rings. The number of amides is 1. The molecule has 0 saturated carbocycles. The maximum Gasteiger partial charge on any atom is 0.357 e. The third-order valence-corrected chi connectivity index (χ3v) is 5.78. The first-order valence-electron chi connectivity index (χ1n) is 9.13. The third kappa shape index (κ3) is 6.52. The lowest BCUT2D eigenvalue weighted by Crippen LogP contribution is -2.45. The fourth-order valence-electron chi connectivity index (χ4n) is 2.66. The van der Waals surface area contributed by atoms with Gasteiger partial charge in [-0.05, 0) is 23.8 Å². The van der Waals surface area contributed by atoms with Crippen molar-refractivity contribution in [1.29, 1.82) is 0 Å². The molecule has 0 spiro atoms. The van der Waals surface area contributed by atoms with Crippen LogP contribution in [0.2, 0.25) is 0 Å². The number of thiazole rings is 1. The Morgan fingerprint density at radius 2 is 2.04 bits per heavy atom. The van der Waals surface area contributed by atoms with E-state index in [1.54, 1.807) is 5.38 Å². The van der Waals surface area contributed by atoms with Gasteiger partial charge >= 0.3 is 5.97 Å². The summed E-state index contributed by atoms with van der Waals surface area (Å²) in [5, 5.41) is 9.23. The van der Waals surface area contributed by atoms with Gasteiger partial charge in [0.15, 0.2) is 5.69 Å². The van der Waals surface area contributed by atoms with E-state index in [1.807, 2.05) is 34.6 Å². The van der Waals surface area contributed by atoms with Crippen LogP contribution in [0.5, 0.6) is 0 Å². The molecule has 1 aromatic rings. The standard InChI is InChI=1S/C18H29N5O3S/c1-7-11(4)15(22-23-19)16(24)20-13(10(2)3)8-12(5)17-21-14(9-27-17)18(25)26-6/h9-13,15H,7-8H2,1-6H3,(H,20,24)/t11-,12+,13+,15?/m0/s1. The number of hydrogen-bond acceptors (Lipinski definition) is 6. The van der Waals surface area contributed by atoms with Crippen LogP contribution in [-0.2, 0) is 9.53 Å². The number of nitrogens with zero attached hydrogens (tertiary/aromatic N) is 4. The van der Waals surface area contributed by atoms with Crippen LogP contribution in [0.1, 0.15) is 68.9 Å². The number of hydrogen-bond donors (Lipinski definition) is 1. The number of esters is 1. The van der Waals surface area contributed by atoms with E-state index in [-0.39, 0.29) is 29.7 Å². The van der Waals surface area contributed by atoms with E-state index in [0.29, 0.717) is 12.1 Å². The van der Waals surface area contributed by atoms with Gasteiger partial charge in [0.05, 0.1) is 12.1 Å². The van der Waals surface area contributed by atoms with Crippen LogP contribution >= 0.6 is 11.3 Å². The first kappa shape index (κ1) is 22.9. The van der Waals surface area contributed by atoms with E-state index in [4.69, 9.17) is 10.3 Å². The third-order valence-electron chi connectivity index (χ3n) is 4.71. The largest absolute Gasteiger partial charge is 0.464 e. The Morgan fingerprint density at radius 3 is 2.56 bits per heavy atom. The molecular weight excluding hydrogens is 366 g/mol. The molecule has 0 bridgehead atoms. The van der Waals surface area contributed by atoms with E-state index >= 15 is 0 Å². The lowest BCUT2D eigenvalue weighted by molar-refractivity contribution is -0.124. The van der Waals surface area contributed by atoms with E-state index < -0.39 is 12.0 Å². The minimum atomic E-state index is -0.720. The summed E-state index contributed by atoms with van der Waals surface area (Å²) in [6.07, 6.45) is 1.41. The molecule has 1 N–H and O–H groups in total. The smallest absolute Gasteiger partial charge is 0.357 e. The highest BCUT2D eigenvalue weighted by molar-refractivity contribution is 7.09. The predicted octanol–water partition coefficient (Wildman–Crippen LogP) is 4.29. The molecule has 0 aromatic carbocycles. The highest BCUT2D eigenvalue weighted by Crippen LogP contribution is 2.27. The molecule has 1 amide bonds. The van der Waals surface area contributed by atoms with Crippen molar-refractivity contribution >= 4 is 23.2 Å². The molecule has 1 heterocycles. The molecule has 1 aromatic heterocycles. The lowest BCUT2D eigenvalue weighted by Gasteiger charge is -2.27. The molecule has 1 unspecified atom stereocenters. The van der Waals surface area contributed by atoms with E-state index in [1.165, 1.54) is 18.4 Å². The number of ether oxygens (including phenoxy) is 1. The maximum atomic E-state index is 12.6. The van der Waals surface area contributed by atoms with Crippen LogP contribution in [0.15, 0.2) is 10.5 Å². The number of carbonyl (C=O) groups excluding carboxylic acids is 2. The molecular formula is C18H29N5O3S. The van der Waals surface area contributed by atoms with Gasteiger partial charge in [0, 0.05) is 22.3 Å². The Hall–Kier alpha value is -2.12. The summed E-state index contributed by atoms with van der Waals surface area (Å²) >= 11 is 1.41. The molecule has 0 saturated heterocycles.